The van der Waals surface area contributed by atoms with Gasteiger partial charge in [0.15, 0.2) is 0 Å². The molecule has 122 valence electrons. The zero-order valence-corrected chi connectivity index (χ0v) is 13.2. The van der Waals surface area contributed by atoms with Crippen molar-refractivity contribution in [3.8, 4) is 11.5 Å². The second-order valence-corrected chi connectivity index (χ2v) is 5.21. The molecule has 0 heterocycles. The molecule has 3 rings (SSSR count). The molecule has 5 heteroatoms. The highest BCUT2D eigenvalue weighted by molar-refractivity contribution is 6.07. The summed E-state index contributed by atoms with van der Waals surface area (Å²) in [5.74, 6) is 0.941. The molecule has 0 saturated carbocycles. The van der Waals surface area contributed by atoms with Crippen molar-refractivity contribution < 1.29 is 14.6 Å². The smallest absolute Gasteiger partial charge is 0.323 e. The number of phenolic OH excluding ortho intramolecular Hbond substituents is 1. The Bertz CT molecular complexity index is 860. The summed E-state index contributed by atoms with van der Waals surface area (Å²) in [5.41, 5.74) is 1.30. The molecule has 0 aliphatic heterocycles. The lowest BCUT2D eigenvalue weighted by Crippen LogP contribution is -2.19. The molecule has 3 aromatic rings. The Kier molecular flexibility index (Phi) is 4.52. The molecule has 0 atom stereocenters. The molecular weight excluding hydrogens is 304 g/mol. The second-order valence-electron chi connectivity index (χ2n) is 5.21. The number of carbonyl (C=O) groups excluding carboxylic acids is 1. The fourth-order valence-corrected chi connectivity index (χ4v) is 2.49. The summed E-state index contributed by atoms with van der Waals surface area (Å²) < 4.78 is 5.37. The minimum absolute atomic E-state index is 0.183. The van der Waals surface area contributed by atoms with Gasteiger partial charge in [-0.3, -0.25) is 0 Å². The molecule has 3 aromatic carbocycles. The minimum Gasteiger partial charge on any atom is -0.507 e. The van der Waals surface area contributed by atoms with Gasteiger partial charge in [-0.1, -0.05) is 24.3 Å². The number of anilines is 2. The van der Waals surface area contributed by atoms with Crippen LogP contribution in [0.1, 0.15) is 6.92 Å². The number of hydrogen-bond donors (Lipinski definition) is 3. The van der Waals surface area contributed by atoms with E-state index in [0.29, 0.717) is 23.4 Å². The van der Waals surface area contributed by atoms with Gasteiger partial charge in [0.2, 0.25) is 0 Å². The average molecular weight is 322 g/mol. The highest BCUT2D eigenvalue weighted by Crippen LogP contribution is 2.29. The van der Waals surface area contributed by atoms with E-state index in [4.69, 9.17) is 4.74 Å². The van der Waals surface area contributed by atoms with E-state index in [1.807, 2.05) is 13.0 Å². The predicted molar refractivity (Wildman–Crippen MR) is 95.9 cm³/mol. The van der Waals surface area contributed by atoms with Gasteiger partial charge in [0, 0.05) is 16.5 Å². The number of amides is 2. The molecular formula is C19H18N2O3. The maximum atomic E-state index is 12.2. The maximum absolute atomic E-state index is 12.2. The topological polar surface area (TPSA) is 70.6 Å². The van der Waals surface area contributed by atoms with E-state index in [0.717, 1.165) is 11.1 Å². The normalized spacial score (nSPS) is 10.4. The van der Waals surface area contributed by atoms with Crippen molar-refractivity contribution >= 4 is 28.2 Å². The average Bonchev–Trinajstić information content (AvgIpc) is 2.58. The zero-order valence-electron chi connectivity index (χ0n) is 13.2. The molecule has 0 bridgehead atoms. The predicted octanol–water partition coefficient (Wildman–Crippen LogP) is 4.59. The van der Waals surface area contributed by atoms with Crippen LogP contribution in [-0.2, 0) is 0 Å². The van der Waals surface area contributed by atoms with Gasteiger partial charge in [-0.25, -0.2) is 4.79 Å². The van der Waals surface area contributed by atoms with Gasteiger partial charge in [-0.2, -0.15) is 0 Å². The van der Waals surface area contributed by atoms with Crippen molar-refractivity contribution in [3.63, 3.8) is 0 Å². The van der Waals surface area contributed by atoms with Crippen LogP contribution in [0.2, 0.25) is 0 Å². The third kappa shape index (κ3) is 3.41. The van der Waals surface area contributed by atoms with Crippen molar-refractivity contribution in [1.82, 2.24) is 0 Å². The molecule has 2 amide bonds. The van der Waals surface area contributed by atoms with E-state index in [2.05, 4.69) is 10.6 Å². The summed E-state index contributed by atoms with van der Waals surface area (Å²) in [7, 11) is 0. The van der Waals surface area contributed by atoms with Crippen molar-refractivity contribution in [1.29, 1.82) is 0 Å². The summed E-state index contributed by atoms with van der Waals surface area (Å²) in [6, 6.07) is 17.4. The number of urea groups is 1. The highest BCUT2D eigenvalue weighted by atomic mass is 16.5. The monoisotopic (exact) mass is 322 g/mol. The van der Waals surface area contributed by atoms with Crippen LogP contribution >= 0.6 is 0 Å². The first-order valence-electron chi connectivity index (χ1n) is 7.69. The Morgan fingerprint density at radius 3 is 2.42 bits per heavy atom. The number of rotatable bonds is 4. The van der Waals surface area contributed by atoms with E-state index >= 15 is 0 Å². The first kappa shape index (κ1) is 15.7. The van der Waals surface area contributed by atoms with Gasteiger partial charge in [0.1, 0.15) is 11.5 Å². The van der Waals surface area contributed by atoms with E-state index in [9.17, 15) is 9.90 Å². The minimum atomic E-state index is -0.352. The zero-order chi connectivity index (χ0) is 16.9. The van der Waals surface area contributed by atoms with Crippen molar-refractivity contribution in [2.24, 2.45) is 0 Å². The summed E-state index contributed by atoms with van der Waals surface area (Å²) in [6.07, 6.45) is 0. The summed E-state index contributed by atoms with van der Waals surface area (Å²) in [4.78, 5) is 12.2. The number of phenols is 1. The van der Waals surface area contributed by atoms with Crippen LogP contribution in [0.5, 0.6) is 11.5 Å². The Balaban J connectivity index is 1.74. The van der Waals surface area contributed by atoms with Gasteiger partial charge in [-0.05, 0) is 43.3 Å². The number of hydrogen-bond acceptors (Lipinski definition) is 3. The van der Waals surface area contributed by atoms with E-state index in [1.54, 1.807) is 54.6 Å². The molecule has 0 unspecified atom stereocenters. The summed E-state index contributed by atoms with van der Waals surface area (Å²) in [5, 5.41) is 16.9. The van der Waals surface area contributed by atoms with Gasteiger partial charge in [-0.15, -0.1) is 0 Å². The van der Waals surface area contributed by atoms with Crippen molar-refractivity contribution in [3.05, 3.63) is 60.7 Å². The Labute approximate surface area is 139 Å². The largest absolute Gasteiger partial charge is 0.507 e. The Hall–Kier alpha value is -3.21. The third-order valence-electron chi connectivity index (χ3n) is 3.57. The number of ether oxygens (including phenoxy) is 1. The lowest BCUT2D eigenvalue weighted by Gasteiger charge is -2.11. The van der Waals surface area contributed by atoms with Crippen LogP contribution in [0.15, 0.2) is 60.7 Å². The SMILES string of the molecule is CCOc1ccc(NC(=O)Nc2cccc3c(O)cccc23)cc1. The van der Waals surface area contributed by atoms with Gasteiger partial charge in [0.05, 0.1) is 12.3 Å². The fraction of sp³-hybridized carbons (Fsp3) is 0.105. The molecule has 0 saturated heterocycles. The molecule has 3 N–H and O–H groups in total. The fourth-order valence-electron chi connectivity index (χ4n) is 2.49. The number of carbonyl (C=O) groups is 1. The van der Waals surface area contributed by atoms with Crippen LogP contribution in [-0.4, -0.2) is 17.7 Å². The third-order valence-corrected chi connectivity index (χ3v) is 3.57. The number of benzene rings is 3. The van der Waals surface area contributed by atoms with Crippen LogP contribution in [0.3, 0.4) is 0 Å². The first-order chi connectivity index (χ1) is 11.7. The number of nitrogens with one attached hydrogen (secondary N) is 2. The molecule has 5 nitrogen and oxygen atoms in total. The standard InChI is InChI=1S/C19H18N2O3/c1-2-24-14-11-9-13(10-12-14)20-19(23)21-17-7-3-6-16-15(17)5-4-8-18(16)22/h3-12,22H,2H2,1H3,(H2,20,21,23). The lowest BCUT2D eigenvalue weighted by atomic mass is 10.1. The van der Waals surface area contributed by atoms with Crippen molar-refractivity contribution in [2.45, 2.75) is 6.92 Å². The lowest BCUT2D eigenvalue weighted by molar-refractivity contribution is 0.262. The summed E-state index contributed by atoms with van der Waals surface area (Å²) >= 11 is 0. The second kappa shape index (κ2) is 6.91. The molecule has 0 radical (unpaired) electrons. The van der Waals surface area contributed by atoms with Gasteiger partial charge < -0.3 is 20.5 Å². The molecule has 0 spiro atoms. The summed E-state index contributed by atoms with van der Waals surface area (Å²) in [6.45, 7) is 2.52. The molecule has 24 heavy (non-hydrogen) atoms. The Morgan fingerprint density at radius 1 is 0.958 bits per heavy atom. The number of aromatic hydroxyl groups is 1. The highest BCUT2D eigenvalue weighted by Gasteiger charge is 2.08. The van der Waals surface area contributed by atoms with Crippen LogP contribution < -0.4 is 15.4 Å². The van der Waals surface area contributed by atoms with Crippen LogP contribution in [0.25, 0.3) is 10.8 Å². The van der Waals surface area contributed by atoms with E-state index < -0.39 is 0 Å². The molecule has 0 aromatic heterocycles. The van der Waals surface area contributed by atoms with Crippen molar-refractivity contribution in [2.75, 3.05) is 17.2 Å². The number of fused-ring (bicyclic) bond motifs is 1. The van der Waals surface area contributed by atoms with Gasteiger partial charge >= 0.3 is 6.03 Å². The maximum Gasteiger partial charge on any atom is 0.323 e. The van der Waals surface area contributed by atoms with E-state index in [1.165, 1.54) is 0 Å². The Morgan fingerprint density at radius 2 is 1.67 bits per heavy atom. The molecule has 0 aliphatic carbocycles. The van der Waals surface area contributed by atoms with Crippen LogP contribution in [0, 0.1) is 0 Å². The first-order valence-corrected chi connectivity index (χ1v) is 7.69. The van der Waals surface area contributed by atoms with Gasteiger partial charge in [0.25, 0.3) is 0 Å². The quantitative estimate of drug-likeness (QED) is 0.658. The van der Waals surface area contributed by atoms with Crippen LogP contribution in [0.4, 0.5) is 16.2 Å². The van der Waals surface area contributed by atoms with E-state index in [-0.39, 0.29) is 11.8 Å². The molecule has 0 aliphatic rings. The molecule has 0 fully saturated rings.